The first-order valence-corrected chi connectivity index (χ1v) is 6.29. The molecule has 0 radical (unpaired) electrons. The summed E-state index contributed by atoms with van der Waals surface area (Å²) >= 11 is 0. The first-order chi connectivity index (χ1) is 8.84. The Morgan fingerprint density at radius 2 is 1.39 bits per heavy atom. The van der Waals surface area contributed by atoms with Gasteiger partial charge in [-0.1, -0.05) is 66.7 Å². The Morgan fingerprint density at radius 3 is 2.00 bits per heavy atom. The van der Waals surface area contributed by atoms with E-state index in [4.69, 9.17) is 0 Å². The van der Waals surface area contributed by atoms with E-state index in [1.807, 2.05) is 0 Å². The van der Waals surface area contributed by atoms with Crippen molar-refractivity contribution < 1.29 is 0 Å². The van der Waals surface area contributed by atoms with Crippen LogP contribution in [0, 0.1) is 0 Å². The largest absolute Gasteiger partial charge is 0.376 e. The van der Waals surface area contributed by atoms with Crippen LogP contribution in [0.15, 0.2) is 72.9 Å². The maximum atomic E-state index is 2.21. The van der Waals surface area contributed by atoms with Crippen LogP contribution in [0.3, 0.4) is 0 Å². The molecule has 0 atom stereocenters. The summed E-state index contributed by atoms with van der Waals surface area (Å²) in [6.07, 6.45) is 5.35. The summed E-state index contributed by atoms with van der Waals surface area (Å²) in [5.74, 6) is 0. The highest BCUT2D eigenvalue weighted by atomic mass is 15.1. The molecular weight excluding hydrogens is 218 g/mol. The summed E-state index contributed by atoms with van der Waals surface area (Å²) in [6, 6.07) is 21.0. The lowest BCUT2D eigenvalue weighted by Crippen LogP contribution is -2.09. The molecular formula is C17H19N. The molecule has 0 bridgehead atoms. The van der Waals surface area contributed by atoms with Crippen molar-refractivity contribution in [3.05, 3.63) is 84.1 Å². The molecule has 0 spiro atoms. The van der Waals surface area contributed by atoms with Crippen LogP contribution in [-0.2, 0) is 13.0 Å². The lowest BCUT2D eigenvalue weighted by atomic mass is 10.1. The lowest BCUT2D eigenvalue weighted by molar-refractivity contribution is 0.449. The normalized spacial score (nSPS) is 10.7. The lowest BCUT2D eigenvalue weighted by Gasteiger charge is -2.13. The minimum absolute atomic E-state index is 0.951. The van der Waals surface area contributed by atoms with Crippen LogP contribution in [0.25, 0.3) is 0 Å². The second kappa shape index (κ2) is 6.65. The standard InChI is InChI=1S/C17H19N/c1-18(15-17-11-6-3-7-12-17)14-8-13-16-9-4-2-5-10-16/h2-12,14H,13,15H2,1H3/b14-8+. The zero-order valence-corrected chi connectivity index (χ0v) is 10.8. The molecule has 0 aliphatic carbocycles. The number of allylic oxidation sites excluding steroid dienone is 1. The maximum Gasteiger partial charge on any atom is 0.0420 e. The van der Waals surface area contributed by atoms with Gasteiger partial charge < -0.3 is 4.90 Å². The zero-order valence-electron chi connectivity index (χ0n) is 10.8. The van der Waals surface area contributed by atoms with Crippen molar-refractivity contribution in [3.8, 4) is 0 Å². The molecule has 2 aromatic rings. The molecule has 0 aromatic heterocycles. The first kappa shape index (κ1) is 12.4. The van der Waals surface area contributed by atoms with Crippen LogP contribution in [0.5, 0.6) is 0 Å². The molecule has 0 aliphatic rings. The summed E-state index contributed by atoms with van der Waals surface area (Å²) in [6.45, 7) is 0.951. The van der Waals surface area contributed by atoms with E-state index in [9.17, 15) is 0 Å². The highest BCUT2D eigenvalue weighted by molar-refractivity contribution is 5.18. The molecule has 0 fully saturated rings. The number of nitrogens with zero attached hydrogens (tertiary/aromatic N) is 1. The third kappa shape index (κ3) is 4.10. The third-order valence-corrected chi connectivity index (χ3v) is 2.83. The van der Waals surface area contributed by atoms with Crippen LogP contribution < -0.4 is 0 Å². The van der Waals surface area contributed by atoms with Crippen LogP contribution in [0.4, 0.5) is 0 Å². The number of rotatable bonds is 5. The Morgan fingerprint density at radius 1 is 0.833 bits per heavy atom. The van der Waals surface area contributed by atoms with E-state index < -0.39 is 0 Å². The predicted octanol–water partition coefficient (Wildman–Crippen LogP) is 3.87. The number of hydrogen-bond donors (Lipinski definition) is 0. The second-order valence-electron chi connectivity index (χ2n) is 4.48. The minimum atomic E-state index is 0.951. The highest BCUT2D eigenvalue weighted by Gasteiger charge is 1.94. The molecule has 0 saturated carbocycles. The van der Waals surface area contributed by atoms with Crippen LogP contribution in [-0.4, -0.2) is 11.9 Å². The molecule has 0 aliphatic heterocycles. The zero-order chi connectivity index (χ0) is 12.6. The summed E-state index contributed by atoms with van der Waals surface area (Å²) in [4.78, 5) is 2.21. The fourth-order valence-electron chi connectivity index (χ4n) is 1.91. The van der Waals surface area contributed by atoms with Gasteiger partial charge in [0.05, 0.1) is 0 Å². The Labute approximate surface area is 109 Å². The van der Waals surface area contributed by atoms with Gasteiger partial charge in [0, 0.05) is 13.6 Å². The van der Waals surface area contributed by atoms with E-state index in [-0.39, 0.29) is 0 Å². The van der Waals surface area contributed by atoms with Gasteiger partial charge in [-0.15, -0.1) is 0 Å². The average Bonchev–Trinajstić information content (AvgIpc) is 2.41. The van der Waals surface area contributed by atoms with Crippen molar-refractivity contribution in [2.75, 3.05) is 7.05 Å². The Balaban J connectivity index is 1.82. The fraction of sp³-hybridized carbons (Fsp3) is 0.176. The van der Waals surface area contributed by atoms with Crippen LogP contribution >= 0.6 is 0 Å². The smallest absolute Gasteiger partial charge is 0.0420 e. The van der Waals surface area contributed by atoms with Crippen molar-refractivity contribution in [3.63, 3.8) is 0 Å². The summed E-state index contributed by atoms with van der Waals surface area (Å²) in [7, 11) is 2.11. The van der Waals surface area contributed by atoms with Gasteiger partial charge in [0.15, 0.2) is 0 Å². The number of benzene rings is 2. The predicted molar refractivity (Wildman–Crippen MR) is 77.2 cm³/mol. The van der Waals surface area contributed by atoms with Gasteiger partial charge in [-0.05, 0) is 23.7 Å². The van der Waals surface area contributed by atoms with Crippen molar-refractivity contribution in [2.24, 2.45) is 0 Å². The van der Waals surface area contributed by atoms with Crippen LogP contribution in [0.2, 0.25) is 0 Å². The minimum Gasteiger partial charge on any atom is -0.376 e. The van der Waals surface area contributed by atoms with Gasteiger partial charge in [-0.2, -0.15) is 0 Å². The maximum absolute atomic E-state index is 2.21. The first-order valence-electron chi connectivity index (χ1n) is 6.29. The molecule has 0 saturated heterocycles. The Bertz CT molecular complexity index is 473. The van der Waals surface area contributed by atoms with E-state index in [0.29, 0.717) is 0 Å². The van der Waals surface area contributed by atoms with Gasteiger partial charge in [-0.3, -0.25) is 0 Å². The Hall–Kier alpha value is -2.02. The highest BCUT2D eigenvalue weighted by Crippen LogP contribution is 2.04. The van der Waals surface area contributed by atoms with Gasteiger partial charge >= 0.3 is 0 Å². The SMILES string of the molecule is CN(/C=C/Cc1ccccc1)Cc1ccccc1. The number of hydrogen-bond acceptors (Lipinski definition) is 1. The average molecular weight is 237 g/mol. The van der Waals surface area contributed by atoms with Crippen molar-refractivity contribution >= 4 is 0 Å². The van der Waals surface area contributed by atoms with Crippen LogP contribution in [0.1, 0.15) is 11.1 Å². The van der Waals surface area contributed by atoms with Gasteiger partial charge in [0.2, 0.25) is 0 Å². The molecule has 2 rings (SSSR count). The second-order valence-corrected chi connectivity index (χ2v) is 4.48. The molecule has 1 heteroatoms. The molecule has 92 valence electrons. The van der Waals surface area contributed by atoms with Crippen molar-refractivity contribution in [1.29, 1.82) is 0 Å². The molecule has 18 heavy (non-hydrogen) atoms. The monoisotopic (exact) mass is 237 g/mol. The van der Waals surface area contributed by atoms with E-state index in [0.717, 1.165) is 13.0 Å². The molecule has 0 unspecified atom stereocenters. The topological polar surface area (TPSA) is 3.24 Å². The fourth-order valence-corrected chi connectivity index (χ4v) is 1.91. The van der Waals surface area contributed by atoms with E-state index >= 15 is 0 Å². The summed E-state index contributed by atoms with van der Waals surface area (Å²) in [5.41, 5.74) is 2.69. The third-order valence-electron chi connectivity index (χ3n) is 2.83. The van der Waals surface area contributed by atoms with E-state index in [1.165, 1.54) is 11.1 Å². The quantitative estimate of drug-likeness (QED) is 0.763. The van der Waals surface area contributed by atoms with Crippen molar-refractivity contribution in [2.45, 2.75) is 13.0 Å². The molecule has 1 nitrogen and oxygen atoms in total. The Kier molecular flexibility index (Phi) is 4.60. The molecule has 2 aromatic carbocycles. The van der Waals surface area contributed by atoms with Gasteiger partial charge in [0.1, 0.15) is 0 Å². The van der Waals surface area contributed by atoms with Gasteiger partial charge in [0.25, 0.3) is 0 Å². The van der Waals surface area contributed by atoms with Crippen molar-refractivity contribution in [1.82, 2.24) is 4.90 Å². The molecule has 0 amide bonds. The summed E-state index contributed by atoms with van der Waals surface area (Å²) < 4.78 is 0. The van der Waals surface area contributed by atoms with E-state index in [1.54, 1.807) is 0 Å². The van der Waals surface area contributed by atoms with Gasteiger partial charge in [-0.25, -0.2) is 0 Å². The van der Waals surface area contributed by atoms with E-state index in [2.05, 4.69) is 84.9 Å². The molecule has 0 heterocycles. The molecule has 0 N–H and O–H groups in total. The summed E-state index contributed by atoms with van der Waals surface area (Å²) in [5, 5.41) is 0.